The fraction of sp³-hybridized carbons (Fsp3) is 0.250. The summed E-state index contributed by atoms with van der Waals surface area (Å²) in [6.45, 7) is 4.31. The average molecular weight is 680 g/mol. The molecule has 1 aliphatic heterocycles. The van der Waals surface area contributed by atoms with Gasteiger partial charge in [0.25, 0.3) is 5.91 Å². The first-order valence-electron chi connectivity index (χ1n) is 15.7. The SMILES string of the molecule is CC1(C)CN(C(=O)/C=C/C2C=C(Cl)C=CC2n2cnnn2)C(C(=O)Nc2ccc(C(=O)O)cc2)C2=C1C(c1ccc(C(N)=O)cc1)=CCC2. The molecule has 3 amide bonds. The summed E-state index contributed by atoms with van der Waals surface area (Å²) in [4.78, 5) is 53.2. The zero-order valence-electron chi connectivity index (χ0n) is 26.8. The van der Waals surface area contributed by atoms with Gasteiger partial charge in [-0.1, -0.05) is 61.9 Å². The van der Waals surface area contributed by atoms with Gasteiger partial charge in [0, 0.05) is 34.2 Å². The molecule has 3 unspecified atom stereocenters. The third-order valence-electron chi connectivity index (χ3n) is 8.98. The van der Waals surface area contributed by atoms with Crippen LogP contribution in [-0.4, -0.2) is 66.5 Å². The lowest BCUT2D eigenvalue weighted by Crippen LogP contribution is -2.56. The number of aromatic nitrogens is 4. The van der Waals surface area contributed by atoms with Crippen molar-refractivity contribution in [1.82, 2.24) is 25.1 Å². The number of aromatic carboxylic acids is 1. The number of rotatable bonds is 8. The molecule has 2 aromatic carbocycles. The molecule has 6 rings (SSSR count). The van der Waals surface area contributed by atoms with Crippen LogP contribution in [0.2, 0.25) is 0 Å². The Balaban J connectivity index is 1.38. The molecule has 0 radical (unpaired) electrons. The molecule has 3 atom stereocenters. The van der Waals surface area contributed by atoms with Crippen LogP contribution in [0.3, 0.4) is 0 Å². The number of anilines is 1. The average Bonchev–Trinajstić information content (AvgIpc) is 3.62. The number of nitrogens with zero attached hydrogens (tertiary/aromatic N) is 5. The molecular weight excluding hydrogens is 646 g/mol. The number of benzene rings is 2. The third kappa shape index (κ3) is 6.86. The summed E-state index contributed by atoms with van der Waals surface area (Å²) in [6, 6.07) is 11.6. The van der Waals surface area contributed by atoms with Gasteiger partial charge in [-0.15, -0.1) is 5.10 Å². The maximum atomic E-state index is 14.3. The highest BCUT2D eigenvalue weighted by atomic mass is 35.5. The topological polar surface area (TPSA) is 173 Å². The van der Waals surface area contributed by atoms with Gasteiger partial charge in [-0.3, -0.25) is 14.4 Å². The number of hydrogen-bond acceptors (Lipinski definition) is 7. The number of nitrogens with two attached hydrogens (primary N) is 1. The number of carbonyl (C=O) groups excluding carboxylic acids is 3. The van der Waals surface area contributed by atoms with Crippen LogP contribution in [0.5, 0.6) is 0 Å². The molecule has 2 heterocycles. The van der Waals surface area contributed by atoms with Gasteiger partial charge in [0.05, 0.1) is 11.6 Å². The number of halogens is 1. The highest BCUT2D eigenvalue weighted by Gasteiger charge is 2.46. The van der Waals surface area contributed by atoms with Crippen LogP contribution >= 0.6 is 11.6 Å². The summed E-state index contributed by atoms with van der Waals surface area (Å²) in [5, 5.41) is 24.2. The molecule has 0 fully saturated rings. The lowest BCUT2D eigenvalue weighted by atomic mass is 9.67. The van der Waals surface area contributed by atoms with Crippen molar-refractivity contribution >= 4 is 46.6 Å². The second-order valence-electron chi connectivity index (χ2n) is 12.8. The summed E-state index contributed by atoms with van der Waals surface area (Å²) in [6.07, 6.45) is 13.4. The Labute approximate surface area is 287 Å². The Morgan fingerprint density at radius 3 is 2.43 bits per heavy atom. The van der Waals surface area contributed by atoms with Gasteiger partial charge in [-0.2, -0.15) is 0 Å². The van der Waals surface area contributed by atoms with Crippen molar-refractivity contribution in [2.24, 2.45) is 17.1 Å². The fourth-order valence-corrected chi connectivity index (χ4v) is 7.02. The van der Waals surface area contributed by atoms with Gasteiger partial charge < -0.3 is 21.1 Å². The Hall–Kier alpha value is -5.62. The molecule has 49 heavy (non-hydrogen) atoms. The van der Waals surface area contributed by atoms with Gasteiger partial charge in [0.2, 0.25) is 11.8 Å². The van der Waals surface area contributed by atoms with E-state index in [0.717, 1.165) is 22.3 Å². The van der Waals surface area contributed by atoms with E-state index >= 15 is 0 Å². The largest absolute Gasteiger partial charge is 0.478 e. The van der Waals surface area contributed by atoms with Crippen LogP contribution in [0.4, 0.5) is 5.69 Å². The van der Waals surface area contributed by atoms with Crippen LogP contribution < -0.4 is 11.1 Å². The third-order valence-corrected chi connectivity index (χ3v) is 9.23. The minimum Gasteiger partial charge on any atom is -0.478 e. The molecule has 1 aromatic heterocycles. The van der Waals surface area contributed by atoms with Gasteiger partial charge >= 0.3 is 5.97 Å². The lowest BCUT2D eigenvalue weighted by Gasteiger charge is -2.47. The highest BCUT2D eigenvalue weighted by Crippen LogP contribution is 2.48. The number of amides is 3. The minimum absolute atomic E-state index is 0.0838. The van der Waals surface area contributed by atoms with Crippen molar-refractivity contribution in [3.8, 4) is 0 Å². The number of carboxylic acids is 1. The predicted octanol–water partition coefficient (Wildman–Crippen LogP) is 4.93. The Kier molecular flexibility index (Phi) is 9.16. The highest BCUT2D eigenvalue weighted by molar-refractivity contribution is 6.31. The summed E-state index contributed by atoms with van der Waals surface area (Å²) in [5.41, 5.74) is 9.36. The van der Waals surface area contributed by atoms with E-state index in [1.54, 1.807) is 33.9 Å². The van der Waals surface area contributed by atoms with Gasteiger partial charge in [0.1, 0.15) is 12.4 Å². The first kappa shape index (κ1) is 33.3. The quantitative estimate of drug-likeness (QED) is 0.281. The molecule has 12 nitrogen and oxygen atoms in total. The maximum Gasteiger partial charge on any atom is 0.335 e. The summed E-state index contributed by atoms with van der Waals surface area (Å²) in [5.74, 6) is -2.73. The second kappa shape index (κ2) is 13.5. The van der Waals surface area contributed by atoms with E-state index in [2.05, 4.69) is 26.9 Å². The zero-order chi connectivity index (χ0) is 34.9. The maximum absolute atomic E-state index is 14.3. The van der Waals surface area contributed by atoms with Crippen LogP contribution in [0.25, 0.3) is 5.57 Å². The van der Waals surface area contributed by atoms with Crippen LogP contribution in [0.1, 0.15) is 59.0 Å². The number of primary amides is 1. The molecule has 0 saturated carbocycles. The van der Waals surface area contributed by atoms with Crippen molar-refractivity contribution in [3.05, 3.63) is 124 Å². The second-order valence-corrected chi connectivity index (χ2v) is 13.2. The zero-order valence-corrected chi connectivity index (χ0v) is 27.5. The molecule has 0 saturated heterocycles. The van der Waals surface area contributed by atoms with Crippen LogP contribution in [-0.2, 0) is 9.59 Å². The summed E-state index contributed by atoms with van der Waals surface area (Å²) < 4.78 is 1.58. The van der Waals surface area contributed by atoms with Crippen molar-refractivity contribution in [1.29, 1.82) is 0 Å². The first-order chi connectivity index (χ1) is 23.4. The lowest BCUT2D eigenvalue weighted by molar-refractivity contribution is -0.135. The van der Waals surface area contributed by atoms with Crippen LogP contribution in [0.15, 0.2) is 107 Å². The Bertz CT molecular complexity index is 1960. The number of nitrogens with one attached hydrogen (secondary N) is 1. The number of hydrogen-bond donors (Lipinski definition) is 3. The molecule has 13 heteroatoms. The number of carbonyl (C=O) groups is 4. The normalized spacial score (nSPS) is 21.5. The van der Waals surface area contributed by atoms with E-state index in [1.807, 2.05) is 38.1 Å². The number of tetrazole rings is 1. The van der Waals surface area contributed by atoms with Gasteiger partial charge in [-0.25, -0.2) is 9.48 Å². The van der Waals surface area contributed by atoms with Gasteiger partial charge in [0.15, 0.2) is 0 Å². The van der Waals surface area contributed by atoms with E-state index < -0.39 is 29.2 Å². The molecule has 4 N–H and O–H groups in total. The van der Waals surface area contributed by atoms with E-state index in [9.17, 15) is 24.3 Å². The number of allylic oxidation sites excluding steroid dienone is 7. The molecule has 0 bridgehead atoms. The monoisotopic (exact) mass is 679 g/mol. The summed E-state index contributed by atoms with van der Waals surface area (Å²) in [7, 11) is 0. The minimum atomic E-state index is -1.08. The van der Waals surface area contributed by atoms with Crippen molar-refractivity contribution in [3.63, 3.8) is 0 Å². The Morgan fingerprint density at radius 1 is 1.06 bits per heavy atom. The van der Waals surface area contributed by atoms with E-state index in [0.29, 0.717) is 29.1 Å². The Morgan fingerprint density at radius 2 is 1.78 bits per heavy atom. The van der Waals surface area contributed by atoms with Crippen LogP contribution in [0, 0.1) is 11.3 Å². The molecule has 0 spiro atoms. The standard InChI is InChI=1S/C36H34ClN7O5/c1-36(2)19-43(30(45)17-12-24-18-25(37)13-16-29(24)44-20-39-41-42-44)32(34(47)40-26-14-10-23(11-15-26)35(48)49)28-5-3-4-27(31(28)36)21-6-8-22(9-7-21)33(38)46/h4,6-18,20,24,29,32H,3,5,19H2,1-2H3,(H2,38,46)(H,40,47)(H,48,49)/b17-12+. The fourth-order valence-electron chi connectivity index (χ4n) is 6.80. The van der Waals surface area contributed by atoms with E-state index in [-0.39, 0.29) is 30.0 Å². The number of carboxylic acid groups (broad SMARTS) is 1. The predicted molar refractivity (Wildman–Crippen MR) is 183 cm³/mol. The smallest absolute Gasteiger partial charge is 0.335 e. The van der Waals surface area contributed by atoms with Crippen molar-refractivity contribution < 1.29 is 24.3 Å². The van der Waals surface area contributed by atoms with Gasteiger partial charge in [-0.05, 0) is 94.1 Å². The molecular formula is C36H34ClN7O5. The molecule has 2 aliphatic carbocycles. The molecule has 3 aromatic rings. The van der Waals surface area contributed by atoms with Crippen molar-refractivity contribution in [2.45, 2.75) is 38.8 Å². The van der Waals surface area contributed by atoms with E-state index in [1.165, 1.54) is 36.7 Å². The molecule has 3 aliphatic rings. The molecule has 250 valence electrons. The van der Waals surface area contributed by atoms with E-state index in [4.69, 9.17) is 17.3 Å². The summed E-state index contributed by atoms with van der Waals surface area (Å²) >= 11 is 6.34. The first-order valence-corrected chi connectivity index (χ1v) is 16.1. The van der Waals surface area contributed by atoms with Crippen molar-refractivity contribution in [2.75, 3.05) is 11.9 Å².